The van der Waals surface area contributed by atoms with Crippen LogP contribution in [0.5, 0.6) is 0 Å². The molecule has 6 nitrogen and oxygen atoms in total. The second kappa shape index (κ2) is 9.01. The Morgan fingerprint density at radius 3 is 2.14 bits per heavy atom. The SMILES string of the molecule is CC(=O)Nc1sc(C)c(C)c1C(=O)O[C@H](C)C(=O)Nc1ccc(C(C)C)cc1. The van der Waals surface area contributed by atoms with Crippen molar-refractivity contribution in [3.05, 3.63) is 45.8 Å². The summed E-state index contributed by atoms with van der Waals surface area (Å²) in [4.78, 5) is 37.3. The lowest BCUT2D eigenvalue weighted by Gasteiger charge is -2.15. The highest BCUT2D eigenvalue weighted by Gasteiger charge is 2.25. The van der Waals surface area contributed by atoms with E-state index >= 15 is 0 Å². The third-order valence-corrected chi connectivity index (χ3v) is 5.50. The van der Waals surface area contributed by atoms with Crippen LogP contribution in [0.25, 0.3) is 0 Å². The van der Waals surface area contributed by atoms with Crippen molar-refractivity contribution in [2.45, 2.75) is 53.6 Å². The summed E-state index contributed by atoms with van der Waals surface area (Å²) in [7, 11) is 0. The van der Waals surface area contributed by atoms with Gasteiger partial charge in [0.05, 0.1) is 5.56 Å². The number of carbonyl (C=O) groups is 3. The molecule has 0 unspecified atom stereocenters. The number of carbonyl (C=O) groups excluding carboxylic acids is 3. The van der Waals surface area contributed by atoms with Crippen LogP contribution < -0.4 is 10.6 Å². The molecule has 0 saturated heterocycles. The number of thiophene rings is 1. The van der Waals surface area contributed by atoms with Crippen molar-refractivity contribution < 1.29 is 19.1 Å². The van der Waals surface area contributed by atoms with Gasteiger partial charge in [-0.15, -0.1) is 11.3 Å². The highest BCUT2D eigenvalue weighted by molar-refractivity contribution is 7.16. The van der Waals surface area contributed by atoms with E-state index in [-0.39, 0.29) is 5.91 Å². The molecule has 0 aliphatic carbocycles. The fourth-order valence-electron chi connectivity index (χ4n) is 2.59. The Labute approximate surface area is 169 Å². The van der Waals surface area contributed by atoms with Crippen LogP contribution in [0.3, 0.4) is 0 Å². The van der Waals surface area contributed by atoms with Crippen molar-refractivity contribution in [3.63, 3.8) is 0 Å². The number of hydrogen-bond donors (Lipinski definition) is 2. The number of esters is 1. The molecule has 2 amide bonds. The molecule has 0 bridgehead atoms. The molecular weight excluding hydrogens is 376 g/mol. The van der Waals surface area contributed by atoms with Crippen molar-refractivity contribution in [2.24, 2.45) is 0 Å². The number of ether oxygens (including phenoxy) is 1. The van der Waals surface area contributed by atoms with E-state index in [9.17, 15) is 14.4 Å². The van der Waals surface area contributed by atoms with Crippen LogP contribution in [0.15, 0.2) is 24.3 Å². The van der Waals surface area contributed by atoms with Crippen molar-refractivity contribution in [3.8, 4) is 0 Å². The van der Waals surface area contributed by atoms with Crippen molar-refractivity contribution in [2.75, 3.05) is 10.6 Å². The number of aryl methyl sites for hydroxylation is 1. The van der Waals surface area contributed by atoms with Crippen LogP contribution in [0.2, 0.25) is 0 Å². The highest BCUT2D eigenvalue weighted by Crippen LogP contribution is 2.33. The van der Waals surface area contributed by atoms with Crippen molar-refractivity contribution in [1.82, 2.24) is 0 Å². The number of nitrogens with one attached hydrogen (secondary N) is 2. The summed E-state index contributed by atoms with van der Waals surface area (Å²) < 4.78 is 5.35. The lowest BCUT2D eigenvalue weighted by Crippen LogP contribution is -2.30. The summed E-state index contributed by atoms with van der Waals surface area (Å²) in [6.45, 7) is 10.7. The molecule has 1 heterocycles. The summed E-state index contributed by atoms with van der Waals surface area (Å²) >= 11 is 1.31. The summed E-state index contributed by atoms with van der Waals surface area (Å²) in [5, 5.41) is 5.83. The van der Waals surface area contributed by atoms with E-state index in [1.54, 1.807) is 6.92 Å². The molecule has 2 rings (SSSR count). The molecule has 2 aromatic rings. The monoisotopic (exact) mass is 402 g/mol. The first-order chi connectivity index (χ1) is 13.1. The van der Waals surface area contributed by atoms with Gasteiger partial charge in [-0.05, 0) is 49.9 Å². The summed E-state index contributed by atoms with van der Waals surface area (Å²) in [6.07, 6.45) is -0.984. The maximum absolute atomic E-state index is 12.6. The molecule has 0 radical (unpaired) electrons. The zero-order valence-corrected chi connectivity index (χ0v) is 17.8. The second-order valence-corrected chi connectivity index (χ2v) is 8.21. The Bertz CT molecular complexity index is 885. The first kappa shape index (κ1) is 21.6. The average molecular weight is 403 g/mol. The van der Waals surface area contributed by atoms with E-state index in [0.717, 1.165) is 10.4 Å². The molecule has 7 heteroatoms. The molecule has 0 fully saturated rings. The maximum Gasteiger partial charge on any atom is 0.342 e. The van der Waals surface area contributed by atoms with Gasteiger partial charge in [-0.25, -0.2) is 4.79 Å². The summed E-state index contributed by atoms with van der Waals surface area (Å²) in [5.74, 6) is -0.926. The number of rotatable bonds is 6. The summed E-state index contributed by atoms with van der Waals surface area (Å²) in [6, 6.07) is 7.55. The predicted octanol–water partition coefficient (Wildman–Crippen LogP) is 4.63. The van der Waals surface area contributed by atoms with Crippen LogP contribution in [-0.2, 0) is 14.3 Å². The smallest absolute Gasteiger partial charge is 0.342 e. The Morgan fingerprint density at radius 2 is 1.61 bits per heavy atom. The topological polar surface area (TPSA) is 84.5 Å². The fraction of sp³-hybridized carbons (Fsp3) is 0.381. The van der Waals surface area contributed by atoms with E-state index in [1.807, 2.05) is 31.2 Å². The first-order valence-electron chi connectivity index (χ1n) is 9.09. The fourth-order valence-corrected chi connectivity index (χ4v) is 3.68. The lowest BCUT2D eigenvalue weighted by atomic mass is 10.0. The summed E-state index contributed by atoms with van der Waals surface area (Å²) in [5.41, 5.74) is 2.83. The van der Waals surface area contributed by atoms with E-state index in [2.05, 4.69) is 24.5 Å². The van der Waals surface area contributed by atoms with Gasteiger partial charge in [0.15, 0.2) is 6.10 Å². The quantitative estimate of drug-likeness (QED) is 0.690. The van der Waals surface area contributed by atoms with Crippen LogP contribution in [0.1, 0.15) is 60.0 Å². The number of anilines is 2. The zero-order chi connectivity index (χ0) is 21.0. The van der Waals surface area contributed by atoms with Gasteiger partial charge < -0.3 is 15.4 Å². The van der Waals surface area contributed by atoms with Crippen LogP contribution >= 0.6 is 11.3 Å². The molecule has 2 N–H and O–H groups in total. The molecular formula is C21H26N2O4S. The van der Waals surface area contributed by atoms with Crippen LogP contribution in [-0.4, -0.2) is 23.9 Å². The zero-order valence-electron chi connectivity index (χ0n) is 17.0. The van der Waals surface area contributed by atoms with Gasteiger partial charge in [-0.3, -0.25) is 9.59 Å². The molecule has 0 spiro atoms. The maximum atomic E-state index is 12.6. The molecule has 1 atom stereocenters. The number of hydrogen-bond acceptors (Lipinski definition) is 5. The first-order valence-corrected chi connectivity index (χ1v) is 9.91. The van der Waals surface area contributed by atoms with E-state index in [4.69, 9.17) is 4.74 Å². The third-order valence-electron chi connectivity index (χ3n) is 4.38. The van der Waals surface area contributed by atoms with Gasteiger partial charge in [-0.1, -0.05) is 26.0 Å². The second-order valence-electron chi connectivity index (χ2n) is 6.98. The van der Waals surface area contributed by atoms with Gasteiger partial charge >= 0.3 is 5.97 Å². The minimum absolute atomic E-state index is 0.272. The normalized spacial score (nSPS) is 11.8. The molecule has 150 valence electrons. The number of benzene rings is 1. The van der Waals surface area contributed by atoms with Crippen molar-refractivity contribution in [1.29, 1.82) is 0 Å². The molecule has 28 heavy (non-hydrogen) atoms. The van der Waals surface area contributed by atoms with E-state index in [0.29, 0.717) is 22.2 Å². The van der Waals surface area contributed by atoms with Crippen LogP contribution in [0, 0.1) is 13.8 Å². The minimum Gasteiger partial charge on any atom is -0.449 e. The van der Waals surface area contributed by atoms with Crippen LogP contribution in [0.4, 0.5) is 10.7 Å². The van der Waals surface area contributed by atoms with Gasteiger partial charge in [0.2, 0.25) is 5.91 Å². The highest BCUT2D eigenvalue weighted by atomic mass is 32.1. The molecule has 1 aromatic heterocycles. The lowest BCUT2D eigenvalue weighted by molar-refractivity contribution is -0.123. The van der Waals surface area contributed by atoms with Gasteiger partial charge in [0.25, 0.3) is 5.91 Å². The average Bonchev–Trinajstić information content (AvgIpc) is 2.88. The Morgan fingerprint density at radius 1 is 1.00 bits per heavy atom. The van der Waals surface area contributed by atoms with Crippen molar-refractivity contribution >= 4 is 39.8 Å². The minimum atomic E-state index is -0.984. The standard InChI is InChI=1S/C21H26N2O4S/c1-11(2)16-7-9-17(10-8-16)23-19(25)13(4)27-21(26)18-12(3)14(5)28-20(18)22-15(6)24/h7-11,13H,1-6H3,(H,22,24)(H,23,25)/t13-/m1/s1. The number of amides is 2. The van der Waals surface area contributed by atoms with E-state index < -0.39 is 18.0 Å². The van der Waals surface area contributed by atoms with E-state index in [1.165, 1.54) is 30.7 Å². The van der Waals surface area contributed by atoms with Gasteiger partial charge in [-0.2, -0.15) is 0 Å². The Hall–Kier alpha value is -2.67. The van der Waals surface area contributed by atoms with Gasteiger partial charge in [0, 0.05) is 17.5 Å². The van der Waals surface area contributed by atoms with Gasteiger partial charge in [0.1, 0.15) is 5.00 Å². The molecule has 0 aliphatic rings. The Balaban J connectivity index is 2.07. The molecule has 0 saturated carbocycles. The Kier molecular flexibility index (Phi) is 6.96. The molecule has 1 aromatic carbocycles. The third kappa shape index (κ3) is 5.19. The molecule has 0 aliphatic heterocycles. The predicted molar refractivity (Wildman–Crippen MR) is 112 cm³/mol. The largest absolute Gasteiger partial charge is 0.449 e.